The largest absolute Gasteiger partial charge is 0.341 e. The highest BCUT2D eigenvalue weighted by Gasteiger charge is 2.24. The van der Waals surface area contributed by atoms with Crippen LogP contribution in [0.3, 0.4) is 0 Å². The van der Waals surface area contributed by atoms with E-state index in [2.05, 4.69) is 15.0 Å². The third-order valence-electron chi connectivity index (χ3n) is 4.25. The molecule has 0 atom stereocenters. The van der Waals surface area contributed by atoms with Crippen molar-refractivity contribution in [1.29, 1.82) is 5.26 Å². The molecule has 6 nitrogen and oxygen atoms in total. The summed E-state index contributed by atoms with van der Waals surface area (Å²) in [6, 6.07) is 16.9. The molecule has 0 bridgehead atoms. The second-order valence-electron chi connectivity index (χ2n) is 6.24. The molecule has 0 aliphatic rings. The van der Waals surface area contributed by atoms with E-state index in [0.29, 0.717) is 26.8 Å². The van der Waals surface area contributed by atoms with Crippen molar-refractivity contribution in [3.8, 4) is 17.3 Å². The van der Waals surface area contributed by atoms with Gasteiger partial charge in [-0.25, -0.2) is 18.4 Å². The van der Waals surface area contributed by atoms with Gasteiger partial charge in [-0.15, -0.1) is 0 Å². The SMILES string of the molecule is N#Cc1ccc(-c2ccc(Cl)cc2Cl)nc1S(=O)(=O)Cc1nc2ccccc2[nH]1. The first kappa shape index (κ1) is 19.4. The van der Waals surface area contributed by atoms with Crippen LogP contribution in [0, 0.1) is 11.3 Å². The summed E-state index contributed by atoms with van der Waals surface area (Å²) in [5.41, 5.74) is 2.19. The van der Waals surface area contributed by atoms with Gasteiger partial charge < -0.3 is 4.98 Å². The smallest absolute Gasteiger partial charge is 0.204 e. The van der Waals surface area contributed by atoms with Gasteiger partial charge in [-0.3, -0.25) is 0 Å². The topological polar surface area (TPSA) is 99.5 Å². The Labute approximate surface area is 176 Å². The highest BCUT2D eigenvalue weighted by Crippen LogP contribution is 2.31. The van der Waals surface area contributed by atoms with E-state index in [1.54, 1.807) is 36.4 Å². The van der Waals surface area contributed by atoms with Crippen LogP contribution in [0.4, 0.5) is 0 Å². The van der Waals surface area contributed by atoms with Crippen molar-refractivity contribution in [2.75, 3.05) is 0 Å². The van der Waals surface area contributed by atoms with E-state index < -0.39 is 15.6 Å². The van der Waals surface area contributed by atoms with Crippen LogP contribution < -0.4 is 0 Å². The maximum Gasteiger partial charge on any atom is 0.204 e. The molecule has 2 aromatic heterocycles. The number of rotatable bonds is 4. The first-order valence-electron chi connectivity index (χ1n) is 8.40. The van der Waals surface area contributed by atoms with Crippen LogP contribution in [-0.4, -0.2) is 23.4 Å². The number of nitrogens with one attached hydrogen (secondary N) is 1. The molecule has 2 aromatic carbocycles. The molecule has 0 amide bonds. The Hall–Kier alpha value is -2.92. The molecule has 4 rings (SSSR count). The molecule has 0 spiro atoms. The molecular weight excluding hydrogens is 431 g/mol. The lowest BCUT2D eigenvalue weighted by molar-refractivity contribution is 0.590. The zero-order chi connectivity index (χ0) is 20.6. The quantitative estimate of drug-likeness (QED) is 0.490. The minimum Gasteiger partial charge on any atom is -0.341 e. The number of imidazole rings is 1. The minimum atomic E-state index is -3.95. The third-order valence-corrected chi connectivity index (χ3v) is 6.35. The summed E-state index contributed by atoms with van der Waals surface area (Å²) < 4.78 is 26.1. The number of nitrogens with zero attached hydrogens (tertiary/aromatic N) is 3. The molecule has 0 saturated heterocycles. The standard InChI is InChI=1S/C20H12Cl2N4O2S/c21-13-6-7-14(15(22)9-13)16-8-5-12(10-23)20(26-16)29(27,28)11-19-24-17-3-1-2-4-18(17)25-19/h1-9H,11H2,(H,24,25). The zero-order valence-corrected chi connectivity index (χ0v) is 17.1. The lowest BCUT2D eigenvalue weighted by Crippen LogP contribution is -2.11. The number of nitriles is 1. The van der Waals surface area contributed by atoms with E-state index in [1.807, 2.05) is 18.2 Å². The monoisotopic (exact) mass is 442 g/mol. The summed E-state index contributed by atoms with van der Waals surface area (Å²) in [7, 11) is -3.95. The van der Waals surface area contributed by atoms with E-state index in [1.165, 1.54) is 6.07 Å². The second kappa shape index (κ2) is 7.48. The number of benzene rings is 2. The van der Waals surface area contributed by atoms with Crippen molar-refractivity contribution in [2.45, 2.75) is 10.8 Å². The van der Waals surface area contributed by atoms with E-state index in [4.69, 9.17) is 23.2 Å². The molecule has 2 heterocycles. The number of aromatic amines is 1. The number of aromatic nitrogens is 3. The number of hydrogen-bond donors (Lipinski definition) is 1. The van der Waals surface area contributed by atoms with E-state index in [9.17, 15) is 13.7 Å². The van der Waals surface area contributed by atoms with Gasteiger partial charge in [0.1, 0.15) is 17.6 Å². The van der Waals surface area contributed by atoms with Crippen LogP contribution in [0.25, 0.3) is 22.3 Å². The Morgan fingerprint density at radius 3 is 2.55 bits per heavy atom. The van der Waals surface area contributed by atoms with E-state index >= 15 is 0 Å². The van der Waals surface area contributed by atoms with Crippen LogP contribution in [-0.2, 0) is 15.6 Å². The maximum absolute atomic E-state index is 13.1. The normalized spacial score (nSPS) is 11.5. The Balaban J connectivity index is 1.78. The number of H-pyrrole nitrogens is 1. The van der Waals surface area contributed by atoms with Gasteiger partial charge in [0.25, 0.3) is 0 Å². The lowest BCUT2D eigenvalue weighted by Gasteiger charge is -2.09. The van der Waals surface area contributed by atoms with Gasteiger partial charge in [-0.05, 0) is 42.5 Å². The van der Waals surface area contributed by atoms with E-state index in [-0.39, 0.29) is 16.4 Å². The molecule has 0 unspecified atom stereocenters. The number of halogens is 2. The Morgan fingerprint density at radius 2 is 1.83 bits per heavy atom. The highest BCUT2D eigenvalue weighted by atomic mass is 35.5. The van der Waals surface area contributed by atoms with Gasteiger partial charge in [0.05, 0.1) is 27.3 Å². The second-order valence-corrected chi connectivity index (χ2v) is 8.99. The Kier molecular flexibility index (Phi) is 5.01. The molecule has 0 fully saturated rings. The van der Waals surface area contributed by atoms with Crippen LogP contribution in [0.2, 0.25) is 10.0 Å². The first-order chi connectivity index (χ1) is 13.9. The Bertz CT molecular complexity index is 1360. The van der Waals surface area contributed by atoms with Gasteiger partial charge in [-0.2, -0.15) is 5.26 Å². The average Bonchev–Trinajstić information content (AvgIpc) is 3.09. The molecule has 4 aromatic rings. The van der Waals surface area contributed by atoms with Gasteiger partial charge >= 0.3 is 0 Å². The van der Waals surface area contributed by atoms with Gasteiger partial charge in [0.15, 0.2) is 5.03 Å². The number of para-hydroxylation sites is 2. The minimum absolute atomic E-state index is 0.0463. The summed E-state index contributed by atoms with van der Waals surface area (Å²) in [5, 5.41) is 9.86. The average molecular weight is 443 g/mol. The van der Waals surface area contributed by atoms with Crippen molar-refractivity contribution < 1.29 is 8.42 Å². The zero-order valence-electron chi connectivity index (χ0n) is 14.7. The summed E-state index contributed by atoms with van der Waals surface area (Å²) in [6.07, 6.45) is 0. The fourth-order valence-corrected chi connectivity index (χ4v) is 4.76. The molecule has 1 N–H and O–H groups in total. The number of pyridine rings is 1. The molecule has 144 valence electrons. The van der Waals surface area contributed by atoms with Crippen molar-refractivity contribution in [3.63, 3.8) is 0 Å². The third kappa shape index (κ3) is 3.83. The van der Waals surface area contributed by atoms with Gasteiger partial charge in [0, 0.05) is 10.6 Å². The van der Waals surface area contributed by atoms with Crippen LogP contribution >= 0.6 is 23.2 Å². The fourth-order valence-electron chi connectivity index (χ4n) is 2.93. The fraction of sp³-hybridized carbons (Fsp3) is 0.0500. The van der Waals surface area contributed by atoms with Crippen molar-refractivity contribution in [3.05, 3.63) is 76.0 Å². The molecule has 9 heteroatoms. The molecule has 0 radical (unpaired) electrons. The molecule has 0 aliphatic heterocycles. The van der Waals surface area contributed by atoms with Crippen molar-refractivity contribution in [2.24, 2.45) is 0 Å². The highest BCUT2D eigenvalue weighted by molar-refractivity contribution is 7.90. The summed E-state index contributed by atoms with van der Waals surface area (Å²) in [6.45, 7) is 0. The van der Waals surface area contributed by atoms with Crippen LogP contribution in [0.5, 0.6) is 0 Å². The molecule has 0 aliphatic carbocycles. The van der Waals surface area contributed by atoms with Gasteiger partial charge in [-0.1, -0.05) is 35.3 Å². The predicted octanol–water partition coefficient (Wildman–Crippen LogP) is 4.78. The number of fused-ring (bicyclic) bond motifs is 1. The molecule has 29 heavy (non-hydrogen) atoms. The summed E-state index contributed by atoms with van der Waals surface area (Å²) in [5.74, 6) is -0.145. The van der Waals surface area contributed by atoms with E-state index in [0.717, 1.165) is 5.52 Å². The van der Waals surface area contributed by atoms with Crippen molar-refractivity contribution >= 4 is 44.1 Å². The van der Waals surface area contributed by atoms with Crippen LogP contribution in [0.15, 0.2) is 59.6 Å². The number of hydrogen-bond acceptors (Lipinski definition) is 5. The maximum atomic E-state index is 13.1. The lowest BCUT2D eigenvalue weighted by atomic mass is 10.1. The summed E-state index contributed by atoms with van der Waals surface area (Å²) in [4.78, 5) is 11.5. The first-order valence-corrected chi connectivity index (χ1v) is 10.8. The molecule has 0 saturated carbocycles. The predicted molar refractivity (Wildman–Crippen MR) is 111 cm³/mol. The Morgan fingerprint density at radius 1 is 1.03 bits per heavy atom. The number of sulfone groups is 1. The summed E-state index contributed by atoms with van der Waals surface area (Å²) >= 11 is 12.2. The van der Waals surface area contributed by atoms with Gasteiger partial charge in [0.2, 0.25) is 9.84 Å². The van der Waals surface area contributed by atoms with Crippen molar-refractivity contribution in [1.82, 2.24) is 15.0 Å². The molecular formula is C20H12Cl2N4O2S. The van der Waals surface area contributed by atoms with Crippen LogP contribution in [0.1, 0.15) is 11.4 Å².